The predicted octanol–water partition coefficient (Wildman–Crippen LogP) is 2.15. The molecule has 0 unspecified atom stereocenters. The molecule has 1 saturated heterocycles. The number of hydrogen-bond donors (Lipinski definition) is 1. The summed E-state index contributed by atoms with van der Waals surface area (Å²) in [5.74, 6) is -0.264. The van der Waals surface area contributed by atoms with E-state index in [9.17, 15) is 14.0 Å². The predicted molar refractivity (Wildman–Crippen MR) is 96.0 cm³/mol. The van der Waals surface area contributed by atoms with Gasteiger partial charge in [-0.25, -0.2) is 4.39 Å². The third kappa shape index (κ3) is 4.06. The second kappa shape index (κ2) is 8.16. The average molecular weight is 362 g/mol. The Bertz CT molecular complexity index is 666. The van der Waals surface area contributed by atoms with Crippen molar-refractivity contribution < 1.29 is 18.7 Å². The van der Waals surface area contributed by atoms with Crippen molar-refractivity contribution in [2.24, 2.45) is 11.3 Å². The van der Waals surface area contributed by atoms with Crippen molar-refractivity contribution in [1.82, 2.24) is 10.2 Å². The van der Waals surface area contributed by atoms with Crippen LogP contribution < -0.4 is 5.32 Å². The van der Waals surface area contributed by atoms with Crippen LogP contribution in [0.3, 0.4) is 0 Å². The van der Waals surface area contributed by atoms with E-state index >= 15 is 0 Å². The van der Waals surface area contributed by atoms with Gasteiger partial charge in [0.1, 0.15) is 5.82 Å². The van der Waals surface area contributed by atoms with E-state index in [2.05, 4.69) is 5.32 Å². The molecule has 26 heavy (non-hydrogen) atoms. The monoisotopic (exact) mass is 362 g/mol. The van der Waals surface area contributed by atoms with Crippen LogP contribution in [0.2, 0.25) is 0 Å². The molecule has 1 aliphatic heterocycles. The lowest BCUT2D eigenvalue weighted by molar-refractivity contribution is -0.132. The quantitative estimate of drug-likeness (QED) is 0.789. The van der Waals surface area contributed by atoms with Gasteiger partial charge in [0.05, 0.1) is 13.0 Å². The van der Waals surface area contributed by atoms with Crippen LogP contribution in [0.5, 0.6) is 0 Å². The number of methoxy groups -OCH3 is 1. The van der Waals surface area contributed by atoms with Gasteiger partial charge < -0.3 is 15.0 Å². The second-order valence-electron chi connectivity index (χ2n) is 7.46. The molecule has 5 nitrogen and oxygen atoms in total. The van der Waals surface area contributed by atoms with Crippen LogP contribution in [0, 0.1) is 17.2 Å². The molecule has 3 rings (SSSR count). The zero-order valence-electron chi connectivity index (χ0n) is 15.3. The summed E-state index contributed by atoms with van der Waals surface area (Å²) < 4.78 is 18.3. The van der Waals surface area contributed by atoms with Gasteiger partial charge in [0.15, 0.2) is 0 Å². The van der Waals surface area contributed by atoms with E-state index in [0.29, 0.717) is 31.8 Å². The molecule has 1 aromatic rings. The molecule has 2 amide bonds. The van der Waals surface area contributed by atoms with E-state index in [1.54, 1.807) is 19.2 Å². The Kier molecular flexibility index (Phi) is 5.91. The zero-order valence-corrected chi connectivity index (χ0v) is 15.3. The van der Waals surface area contributed by atoms with Crippen molar-refractivity contribution >= 4 is 11.8 Å². The highest BCUT2D eigenvalue weighted by Gasteiger charge is 2.51. The normalized spacial score (nSPS) is 25.0. The van der Waals surface area contributed by atoms with Crippen molar-refractivity contribution in [3.8, 4) is 0 Å². The van der Waals surface area contributed by atoms with Gasteiger partial charge in [-0.15, -0.1) is 0 Å². The number of amides is 2. The van der Waals surface area contributed by atoms with E-state index in [1.165, 1.54) is 12.1 Å². The van der Waals surface area contributed by atoms with Gasteiger partial charge in [-0.2, -0.15) is 0 Å². The molecule has 2 fully saturated rings. The average Bonchev–Trinajstić information content (AvgIpc) is 3.23. The van der Waals surface area contributed by atoms with Crippen LogP contribution in [0.1, 0.15) is 31.2 Å². The Labute approximate surface area is 153 Å². The molecule has 1 aromatic carbocycles. The summed E-state index contributed by atoms with van der Waals surface area (Å²) in [4.78, 5) is 27.1. The lowest BCUT2D eigenvalue weighted by Gasteiger charge is -2.30. The smallest absolute Gasteiger partial charge is 0.227 e. The highest BCUT2D eigenvalue weighted by Crippen LogP contribution is 2.49. The summed E-state index contributed by atoms with van der Waals surface area (Å²) in [6.07, 6.45) is 3.96. The van der Waals surface area contributed by atoms with Gasteiger partial charge in [0.2, 0.25) is 11.8 Å². The summed E-state index contributed by atoms with van der Waals surface area (Å²) in [6, 6.07) is 6.19. The number of nitrogens with one attached hydrogen (secondary N) is 1. The van der Waals surface area contributed by atoms with Gasteiger partial charge in [0, 0.05) is 38.1 Å². The van der Waals surface area contributed by atoms with Crippen LogP contribution in [0.25, 0.3) is 0 Å². The summed E-state index contributed by atoms with van der Waals surface area (Å²) in [5, 5.41) is 2.96. The lowest BCUT2D eigenvalue weighted by atomic mass is 9.76. The van der Waals surface area contributed by atoms with Gasteiger partial charge in [0.25, 0.3) is 0 Å². The fraction of sp³-hybridized carbons (Fsp3) is 0.600. The topological polar surface area (TPSA) is 58.6 Å². The molecular weight excluding hydrogens is 335 g/mol. The van der Waals surface area contributed by atoms with Gasteiger partial charge in [-0.3, -0.25) is 9.59 Å². The zero-order chi connectivity index (χ0) is 18.6. The van der Waals surface area contributed by atoms with Crippen molar-refractivity contribution in [2.45, 2.75) is 32.1 Å². The number of carbonyl (C=O) groups excluding carboxylic acids is 2. The number of halogens is 1. The molecular formula is C20H27FN2O3. The summed E-state index contributed by atoms with van der Waals surface area (Å²) in [6.45, 7) is 2.33. The third-order valence-electron chi connectivity index (χ3n) is 5.81. The first kappa shape index (κ1) is 18.8. The highest BCUT2D eigenvalue weighted by atomic mass is 19.1. The largest absolute Gasteiger partial charge is 0.383 e. The van der Waals surface area contributed by atoms with Crippen LogP contribution in [-0.2, 0) is 20.7 Å². The maximum absolute atomic E-state index is 13.3. The van der Waals surface area contributed by atoms with Crippen LogP contribution >= 0.6 is 0 Å². The minimum Gasteiger partial charge on any atom is -0.383 e. The van der Waals surface area contributed by atoms with Crippen molar-refractivity contribution in [3.05, 3.63) is 35.6 Å². The van der Waals surface area contributed by atoms with E-state index in [0.717, 1.165) is 25.7 Å². The minimum atomic E-state index is -0.322. The van der Waals surface area contributed by atoms with Crippen molar-refractivity contribution in [3.63, 3.8) is 0 Å². The SMILES string of the molecule is COCCNC(=O)[C@@H]1CCC[C@@]12CCN(C(=O)Cc1cccc(F)c1)C2. The van der Waals surface area contributed by atoms with Crippen LogP contribution in [0.15, 0.2) is 24.3 Å². The first-order valence-electron chi connectivity index (χ1n) is 9.33. The number of ether oxygens (including phenoxy) is 1. The molecule has 0 bridgehead atoms. The van der Waals surface area contributed by atoms with Crippen LogP contribution in [-0.4, -0.2) is 50.1 Å². The highest BCUT2D eigenvalue weighted by molar-refractivity contribution is 5.81. The molecule has 1 aliphatic carbocycles. The number of hydrogen-bond acceptors (Lipinski definition) is 3. The third-order valence-corrected chi connectivity index (χ3v) is 5.81. The molecule has 142 valence electrons. The molecule has 0 aromatic heterocycles. The second-order valence-corrected chi connectivity index (χ2v) is 7.46. The molecule has 2 aliphatic rings. The maximum atomic E-state index is 13.3. The number of carbonyl (C=O) groups is 2. The summed E-state index contributed by atoms with van der Waals surface area (Å²) in [5.41, 5.74) is 0.589. The Morgan fingerprint density at radius 3 is 3.00 bits per heavy atom. The molecule has 1 heterocycles. The molecule has 2 atom stereocenters. The Hall–Kier alpha value is -1.95. The van der Waals surface area contributed by atoms with Gasteiger partial charge in [-0.1, -0.05) is 18.6 Å². The fourth-order valence-corrected chi connectivity index (χ4v) is 4.48. The lowest BCUT2D eigenvalue weighted by Crippen LogP contribution is -2.42. The Balaban J connectivity index is 1.60. The van der Waals surface area contributed by atoms with E-state index in [-0.39, 0.29) is 35.4 Å². The number of likely N-dealkylation sites (tertiary alicyclic amines) is 1. The van der Waals surface area contributed by atoms with E-state index < -0.39 is 0 Å². The fourth-order valence-electron chi connectivity index (χ4n) is 4.48. The minimum absolute atomic E-state index is 0.0120. The molecule has 1 spiro atoms. The number of benzene rings is 1. The summed E-state index contributed by atoms with van der Waals surface area (Å²) >= 11 is 0. The first-order chi connectivity index (χ1) is 12.5. The van der Waals surface area contributed by atoms with Crippen LogP contribution in [0.4, 0.5) is 4.39 Å². The van der Waals surface area contributed by atoms with E-state index in [1.807, 2.05) is 4.90 Å². The number of nitrogens with zero attached hydrogens (tertiary/aromatic N) is 1. The van der Waals surface area contributed by atoms with Crippen molar-refractivity contribution in [1.29, 1.82) is 0 Å². The maximum Gasteiger partial charge on any atom is 0.227 e. The summed E-state index contributed by atoms with van der Waals surface area (Å²) in [7, 11) is 1.61. The van der Waals surface area contributed by atoms with Gasteiger partial charge in [-0.05, 0) is 37.0 Å². The van der Waals surface area contributed by atoms with Gasteiger partial charge >= 0.3 is 0 Å². The standard InChI is InChI=1S/C20H27FN2O3/c1-26-11-9-22-19(25)17-6-3-7-20(17)8-10-23(14-20)18(24)13-15-4-2-5-16(21)12-15/h2,4-5,12,17H,3,6-11,13-14H2,1H3,(H,22,25)/t17-,20-/m0/s1. The molecule has 1 N–H and O–H groups in total. The number of rotatable bonds is 6. The van der Waals surface area contributed by atoms with E-state index in [4.69, 9.17) is 4.74 Å². The Morgan fingerprint density at radius 1 is 1.38 bits per heavy atom. The molecule has 6 heteroatoms. The molecule has 1 saturated carbocycles. The first-order valence-corrected chi connectivity index (χ1v) is 9.33. The molecule has 0 radical (unpaired) electrons. The van der Waals surface area contributed by atoms with Crippen molar-refractivity contribution in [2.75, 3.05) is 33.4 Å². The Morgan fingerprint density at radius 2 is 2.23 bits per heavy atom.